The molecule has 0 aliphatic heterocycles. The summed E-state index contributed by atoms with van der Waals surface area (Å²) < 4.78 is 7.00. The van der Waals surface area contributed by atoms with E-state index in [1.54, 1.807) is 16.9 Å². The molecule has 0 aliphatic rings. The number of nitrogens with zero attached hydrogens (tertiary/aromatic N) is 2. The lowest BCUT2D eigenvalue weighted by molar-refractivity contribution is 0.477. The Morgan fingerprint density at radius 1 is 1.32 bits per heavy atom. The van der Waals surface area contributed by atoms with E-state index < -0.39 is 0 Å². The number of aromatic nitrogens is 4. The van der Waals surface area contributed by atoms with Gasteiger partial charge in [0.2, 0.25) is 0 Å². The number of thioether (sulfide) groups is 1. The molecule has 0 unspecified atom stereocenters. The SMILES string of the molecule is Cc1cc2c(=O)n(Cc3ccco3)c(SCc3cc(=O)[nH][nH]3)nc2s1. The number of H-pyrrole nitrogens is 2. The highest BCUT2D eigenvalue weighted by Gasteiger charge is 2.15. The molecule has 7 nitrogen and oxygen atoms in total. The van der Waals surface area contributed by atoms with Gasteiger partial charge < -0.3 is 9.52 Å². The van der Waals surface area contributed by atoms with Gasteiger partial charge in [-0.1, -0.05) is 11.8 Å². The molecule has 0 spiro atoms. The molecule has 0 amide bonds. The Morgan fingerprint density at radius 2 is 2.20 bits per heavy atom. The lowest BCUT2D eigenvalue weighted by Gasteiger charge is -2.10. The molecule has 0 radical (unpaired) electrons. The van der Waals surface area contributed by atoms with Crippen LogP contribution in [-0.2, 0) is 12.3 Å². The van der Waals surface area contributed by atoms with Crippen LogP contribution < -0.4 is 11.1 Å². The number of aryl methyl sites for hydroxylation is 1. The molecule has 9 heteroatoms. The van der Waals surface area contributed by atoms with Gasteiger partial charge in [0.05, 0.1) is 18.2 Å². The number of thiophene rings is 1. The summed E-state index contributed by atoms with van der Waals surface area (Å²) in [6.45, 7) is 2.27. The van der Waals surface area contributed by atoms with Crippen molar-refractivity contribution < 1.29 is 4.42 Å². The first-order chi connectivity index (χ1) is 12.1. The Kier molecular flexibility index (Phi) is 4.10. The van der Waals surface area contributed by atoms with E-state index in [2.05, 4.69) is 15.2 Å². The average Bonchev–Trinajstić information content (AvgIpc) is 3.30. The maximum atomic E-state index is 12.9. The summed E-state index contributed by atoms with van der Waals surface area (Å²) in [6, 6.07) is 6.98. The van der Waals surface area contributed by atoms with Crippen LogP contribution in [0.25, 0.3) is 10.2 Å². The largest absolute Gasteiger partial charge is 0.467 e. The lowest BCUT2D eigenvalue weighted by atomic mass is 10.3. The fourth-order valence-electron chi connectivity index (χ4n) is 2.52. The normalized spacial score (nSPS) is 11.4. The van der Waals surface area contributed by atoms with Crippen LogP contribution in [0.15, 0.2) is 49.7 Å². The van der Waals surface area contributed by atoms with Gasteiger partial charge in [0, 0.05) is 22.4 Å². The summed E-state index contributed by atoms with van der Waals surface area (Å²) >= 11 is 2.90. The quantitative estimate of drug-likeness (QED) is 0.414. The van der Waals surface area contributed by atoms with E-state index in [9.17, 15) is 9.59 Å². The highest BCUT2D eigenvalue weighted by Crippen LogP contribution is 2.26. The molecule has 4 rings (SSSR count). The molecule has 0 fully saturated rings. The van der Waals surface area contributed by atoms with Crippen molar-refractivity contribution >= 4 is 33.3 Å². The highest BCUT2D eigenvalue weighted by molar-refractivity contribution is 7.98. The van der Waals surface area contributed by atoms with Crippen LogP contribution in [0, 0.1) is 6.92 Å². The van der Waals surface area contributed by atoms with E-state index in [-0.39, 0.29) is 11.1 Å². The number of nitrogens with one attached hydrogen (secondary N) is 2. The predicted molar refractivity (Wildman–Crippen MR) is 97.4 cm³/mol. The molecule has 4 heterocycles. The van der Waals surface area contributed by atoms with Gasteiger partial charge in [-0.05, 0) is 25.1 Å². The van der Waals surface area contributed by atoms with Gasteiger partial charge in [0.15, 0.2) is 5.16 Å². The van der Waals surface area contributed by atoms with Crippen molar-refractivity contribution in [2.75, 3.05) is 0 Å². The fraction of sp³-hybridized carbons (Fsp3) is 0.188. The zero-order chi connectivity index (χ0) is 17.4. The van der Waals surface area contributed by atoms with Gasteiger partial charge in [0.1, 0.15) is 10.6 Å². The molecule has 0 atom stereocenters. The summed E-state index contributed by atoms with van der Waals surface area (Å²) in [5.41, 5.74) is 0.480. The monoisotopic (exact) mass is 374 g/mol. The molecule has 0 saturated carbocycles. The summed E-state index contributed by atoms with van der Waals surface area (Å²) in [5, 5.41) is 6.53. The van der Waals surface area contributed by atoms with Crippen molar-refractivity contribution in [3.8, 4) is 0 Å². The van der Waals surface area contributed by atoms with Gasteiger partial charge in [-0.2, -0.15) is 0 Å². The molecule has 128 valence electrons. The molecule has 0 aliphatic carbocycles. The molecule has 0 aromatic carbocycles. The van der Waals surface area contributed by atoms with Gasteiger partial charge in [0.25, 0.3) is 11.1 Å². The van der Waals surface area contributed by atoms with Crippen molar-refractivity contribution in [3.05, 3.63) is 67.6 Å². The Bertz CT molecular complexity index is 1130. The standard InChI is InChI=1S/C16H14N4O3S2/c1-9-5-12-14(25-9)17-16(24-8-10-6-13(21)19-18-10)20(15(12)22)7-11-3-2-4-23-11/h2-6H,7-8H2,1H3,(H2,18,19,21). The van der Waals surface area contributed by atoms with Crippen molar-refractivity contribution in [1.82, 2.24) is 19.7 Å². The van der Waals surface area contributed by atoms with E-state index in [1.807, 2.05) is 19.1 Å². The van der Waals surface area contributed by atoms with E-state index >= 15 is 0 Å². The van der Waals surface area contributed by atoms with Crippen molar-refractivity contribution in [1.29, 1.82) is 0 Å². The lowest BCUT2D eigenvalue weighted by Crippen LogP contribution is -2.23. The Labute approximate surface area is 149 Å². The number of fused-ring (bicyclic) bond motifs is 1. The minimum atomic E-state index is -0.180. The minimum absolute atomic E-state index is 0.0872. The zero-order valence-electron chi connectivity index (χ0n) is 13.2. The molecule has 4 aromatic rings. The predicted octanol–water partition coefficient (Wildman–Crippen LogP) is 2.72. The second kappa shape index (κ2) is 6.41. The number of hydrogen-bond acceptors (Lipinski definition) is 6. The smallest absolute Gasteiger partial charge is 0.264 e. The molecule has 25 heavy (non-hydrogen) atoms. The number of rotatable bonds is 5. The van der Waals surface area contributed by atoms with Crippen LogP contribution in [0.5, 0.6) is 0 Å². The average molecular weight is 374 g/mol. The topological polar surface area (TPSA) is 96.7 Å². The second-order valence-corrected chi connectivity index (χ2v) is 7.69. The van der Waals surface area contributed by atoms with E-state index in [0.29, 0.717) is 28.6 Å². The Balaban J connectivity index is 1.76. The molecule has 4 aromatic heterocycles. The minimum Gasteiger partial charge on any atom is -0.467 e. The number of furan rings is 1. The molecular formula is C16H14N4O3S2. The molecule has 0 saturated heterocycles. The third-order valence-corrected chi connectivity index (χ3v) is 5.61. The summed E-state index contributed by atoms with van der Waals surface area (Å²) in [4.78, 5) is 30.6. The third-order valence-electron chi connectivity index (χ3n) is 3.64. The van der Waals surface area contributed by atoms with E-state index in [0.717, 1.165) is 15.4 Å². The first kappa shape index (κ1) is 16.0. The molecule has 2 N–H and O–H groups in total. The van der Waals surface area contributed by atoms with Gasteiger partial charge in [-0.3, -0.25) is 19.3 Å². The Morgan fingerprint density at radius 3 is 2.92 bits per heavy atom. The van der Waals surface area contributed by atoms with Gasteiger partial charge >= 0.3 is 0 Å². The molecule has 0 bridgehead atoms. The number of hydrogen-bond donors (Lipinski definition) is 2. The van der Waals surface area contributed by atoms with Crippen LogP contribution in [0.2, 0.25) is 0 Å². The van der Waals surface area contributed by atoms with Crippen LogP contribution in [0.3, 0.4) is 0 Å². The summed E-state index contributed by atoms with van der Waals surface area (Å²) in [7, 11) is 0. The van der Waals surface area contributed by atoms with Crippen LogP contribution >= 0.6 is 23.1 Å². The van der Waals surface area contributed by atoms with Gasteiger partial charge in [-0.25, -0.2) is 4.98 Å². The summed E-state index contributed by atoms with van der Waals surface area (Å²) in [5.74, 6) is 1.19. The first-order valence-electron chi connectivity index (χ1n) is 7.53. The van der Waals surface area contributed by atoms with Crippen LogP contribution in [0.4, 0.5) is 0 Å². The molecular weight excluding hydrogens is 360 g/mol. The van der Waals surface area contributed by atoms with E-state index in [4.69, 9.17) is 4.42 Å². The van der Waals surface area contributed by atoms with Crippen molar-refractivity contribution in [2.24, 2.45) is 0 Å². The summed E-state index contributed by atoms with van der Waals surface area (Å²) in [6.07, 6.45) is 1.58. The van der Waals surface area contributed by atoms with Crippen molar-refractivity contribution in [3.63, 3.8) is 0 Å². The highest BCUT2D eigenvalue weighted by atomic mass is 32.2. The van der Waals surface area contributed by atoms with E-state index in [1.165, 1.54) is 29.2 Å². The maximum absolute atomic E-state index is 12.9. The van der Waals surface area contributed by atoms with Crippen LogP contribution in [0.1, 0.15) is 16.3 Å². The Hall–Kier alpha value is -2.52. The zero-order valence-corrected chi connectivity index (χ0v) is 14.9. The second-order valence-electron chi connectivity index (χ2n) is 5.51. The van der Waals surface area contributed by atoms with Crippen molar-refractivity contribution in [2.45, 2.75) is 24.4 Å². The maximum Gasteiger partial charge on any atom is 0.264 e. The third kappa shape index (κ3) is 3.20. The number of aromatic amines is 2. The first-order valence-corrected chi connectivity index (χ1v) is 9.33. The van der Waals surface area contributed by atoms with Crippen LogP contribution in [-0.4, -0.2) is 19.7 Å². The fourth-order valence-corrected chi connectivity index (χ4v) is 4.35. The van der Waals surface area contributed by atoms with Gasteiger partial charge in [-0.15, -0.1) is 11.3 Å².